The third kappa shape index (κ3) is 7.13. The summed E-state index contributed by atoms with van der Waals surface area (Å²) in [6.45, 7) is 2.16. The summed E-state index contributed by atoms with van der Waals surface area (Å²) < 4.78 is 28.3. The molecule has 0 saturated carbocycles. The van der Waals surface area contributed by atoms with Gasteiger partial charge in [-0.05, 0) is 42.5 Å². The molecule has 2 amide bonds. The van der Waals surface area contributed by atoms with Gasteiger partial charge in [0.2, 0.25) is 0 Å². The zero-order valence-corrected chi connectivity index (χ0v) is 22.4. The van der Waals surface area contributed by atoms with E-state index in [1.165, 1.54) is 35.5 Å². The Labute approximate surface area is 219 Å². The Hall–Kier alpha value is -3.27. The Kier molecular flexibility index (Phi) is 9.19. The van der Waals surface area contributed by atoms with Crippen LogP contribution >= 0.6 is 23.2 Å². The number of nitrogens with zero attached hydrogens (tertiary/aromatic N) is 4. The normalized spacial score (nSPS) is 10.9. The number of urea groups is 1. The van der Waals surface area contributed by atoms with Crippen molar-refractivity contribution in [2.45, 2.75) is 12.7 Å². The second-order valence-corrected chi connectivity index (χ2v) is 13.3. The monoisotopic (exact) mass is 547 g/mol. The zero-order chi connectivity index (χ0) is 26.3. The van der Waals surface area contributed by atoms with Crippen LogP contribution in [-0.2, 0) is 6.17 Å². The predicted molar refractivity (Wildman–Crippen MR) is 143 cm³/mol. The Morgan fingerprint density at radius 3 is 1.94 bits per heavy atom. The van der Waals surface area contributed by atoms with Crippen LogP contribution in [0, 0.1) is 11.6 Å². The number of carbonyl (C=O) groups excluding carboxylic acids is 1. The molecule has 0 atom stereocenters. The summed E-state index contributed by atoms with van der Waals surface area (Å²) in [5.74, 6) is -0.528. The average molecular weight is 548 g/mol. The van der Waals surface area contributed by atoms with Gasteiger partial charge in [-0.2, -0.15) is 5.10 Å². The lowest BCUT2D eigenvalue weighted by atomic mass is 10.3. The molecule has 1 N–H and O–H groups in total. The molecule has 3 aromatic carbocycles. The number of halogens is 4. The molecule has 0 radical (unpaired) electrons. The minimum atomic E-state index is -2.22. The van der Waals surface area contributed by atoms with E-state index in [1.54, 1.807) is 43.3 Å². The molecule has 36 heavy (non-hydrogen) atoms. The maximum atomic E-state index is 13.2. The minimum Gasteiger partial charge on any atom is -0.331 e. The molecule has 0 spiro atoms. The average Bonchev–Trinajstić information content (AvgIpc) is 3.35. The quantitative estimate of drug-likeness (QED) is 0.354. The van der Waals surface area contributed by atoms with Crippen LogP contribution in [0.3, 0.4) is 0 Å². The summed E-state index contributed by atoms with van der Waals surface area (Å²) in [7, 11) is 1.09. The molecule has 4 aromatic rings. The molecule has 1 heterocycles. The molecule has 0 aliphatic heterocycles. The fourth-order valence-electron chi connectivity index (χ4n) is 3.43. The fraction of sp³-hybridized carbons (Fsp3) is 0.160. The van der Waals surface area contributed by atoms with E-state index < -0.39 is 8.07 Å². The van der Waals surface area contributed by atoms with E-state index in [0.717, 1.165) is 10.4 Å². The van der Waals surface area contributed by atoms with Gasteiger partial charge >= 0.3 is 6.03 Å². The molecule has 1 aromatic heterocycles. The van der Waals surface area contributed by atoms with E-state index in [0.29, 0.717) is 21.9 Å². The van der Waals surface area contributed by atoms with Crippen molar-refractivity contribution in [3.05, 3.63) is 101 Å². The summed E-state index contributed by atoms with van der Waals surface area (Å²) in [6, 6.07) is 17.8. The number of aromatic nitrogens is 3. The van der Waals surface area contributed by atoms with Crippen molar-refractivity contribution >= 4 is 53.4 Å². The lowest BCUT2D eigenvalue weighted by Gasteiger charge is -2.28. The summed E-state index contributed by atoms with van der Waals surface area (Å²) in [5.41, 5.74) is 0.623. The highest BCUT2D eigenvalue weighted by atomic mass is 35.5. The van der Waals surface area contributed by atoms with E-state index in [4.69, 9.17) is 23.2 Å². The summed E-state index contributed by atoms with van der Waals surface area (Å²) >= 11 is 11.5. The zero-order valence-electron chi connectivity index (χ0n) is 19.9. The molecule has 0 saturated heterocycles. The third-order valence-corrected chi connectivity index (χ3v) is 10.4. The van der Waals surface area contributed by atoms with Crippen molar-refractivity contribution in [1.82, 2.24) is 19.7 Å². The predicted octanol–water partition coefficient (Wildman–Crippen LogP) is 5.08. The molecule has 0 bridgehead atoms. The maximum Gasteiger partial charge on any atom is 0.321 e. The molecular weight excluding hydrogens is 523 g/mol. The van der Waals surface area contributed by atoms with Crippen LogP contribution < -0.4 is 15.7 Å². The van der Waals surface area contributed by atoms with Gasteiger partial charge in [-0.25, -0.2) is 18.6 Å². The second kappa shape index (κ2) is 12.1. The third-order valence-electron chi connectivity index (χ3n) is 5.48. The first-order valence-electron chi connectivity index (χ1n) is 10.9. The van der Waals surface area contributed by atoms with Crippen LogP contribution in [0.2, 0.25) is 16.6 Å². The Bertz CT molecular complexity index is 1240. The van der Waals surface area contributed by atoms with Crippen LogP contribution in [-0.4, -0.2) is 47.9 Å². The molecule has 4 rings (SSSR count). The highest BCUT2D eigenvalue weighted by molar-refractivity contribution is 7.00. The number of carbonyl (C=O) groups is 1. The van der Waals surface area contributed by atoms with Gasteiger partial charge in [0.05, 0.1) is 10.0 Å². The number of hydrogen-bond acceptors (Lipinski definition) is 3. The van der Waals surface area contributed by atoms with E-state index in [1.807, 2.05) is 24.3 Å². The first-order chi connectivity index (χ1) is 17.1. The number of benzene rings is 3. The van der Waals surface area contributed by atoms with Gasteiger partial charge in [-0.15, -0.1) is 0 Å². The number of nitrogens with one attached hydrogen (secondary N) is 1. The van der Waals surface area contributed by atoms with Crippen molar-refractivity contribution in [2.75, 3.05) is 19.4 Å². The van der Waals surface area contributed by atoms with Gasteiger partial charge in [0.25, 0.3) is 0 Å². The fourth-order valence-corrected chi connectivity index (χ4v) is 7.04. The van der Waals surface area contributed by atoms with Crippen molar-refractivity contribution in [2.24, 2.45) is 0 Å². The first-order valence-corrected chi connectivity index (χ1v) is 14.3. The van der Waals surface area contributed by atoms with Crippen LogP contribution in [0.1, 0.15) is 0 Å². The lowest BCUT2D eigenvalue weighted by Crippen LogP contribution is -2.59. The Morgan fingerprint density at radius 2 is 1.50 bits per heavy atom. The second-order valence-electron chi connectivity index (χ2n) is 8.39. The van der Waals surface area contributed by atoms with Crippen LogP contribution in [0.4, 0.5) is 19.3 Å². The van der Waals surface area contributed by atoms with E-state index in [-0.39, 0.29) is 17.7 Å². The van der Waals surface area contributed by atoms with Gasteiger partial charge in [0.15, 0.2) is 0 Å². The molecule has 0 aliphatic rings. The van der Waals surface area contributed by atoms with E-state index in [2.05, 4.69) is 21.9 Å². The largest absolute Gasteiger partial charge is 0.331 e. The van der Waals surface area contributed by atoms with Crippen molar-refractivity contribution in [3.63, 3.8) is 0 Å². The van der Waals surface area contributed by atoms with Crippen LogP contribution in [0.25, 0.3) is 0 Å². The Balaban J connectivity index is 0.000000223. The number of rotatable bonds is 5. The van der Waals surface area contributed by atoms with Gasteiger partial charge in [-0.1, -0.05) is 64.4 Å². The smallest absolute Gasteiger partial charge is 0.321 e. The lowest BCUT2D eigenvalue weighted by molar-refractivity contribution is 0.230. The topological polar surface area (TPSA) is 63.1 Å². The first kappa shape index (κ1) is 27.3. The summed E-state index contributed by atoms with van der Waals surface area (Å²) in [5, 5.41) is 9.85. The molecule has 0 aliphatic carbocycles. The number of anilines is 1. The van der Waals surface area contributed by atoms with Crippen molar-refractivity contribution < 1.29 is 13.6 Å². The van der Waals surface area contributed by atoms with Crippen molar-refractivity contribution in [3.8, 4) is 0 Å². The number of hydrogen-bond donors (Lipinski definition) is 1. The standard InChI is InChI=1S/C16H15F2N3Si.C9H10Cl2N2O/c1-22(12-21-11-19-10-20-21,15-6-2-13(17)3-7-15)16-8-4-14(18)5-9-16;1-13(2)9(14)12-6-3-4-7(10)8(11)5-6/h2-11H,12H2,1H3;3-5H,1-2H3,(H,12,14). The Morgan fingerprint density at radius 1 is 0.944 bits per heavy atom. The van der Waals surface area contributed by atoms with Crippen molar-refractivity contribution in [1.29, 1.82) is 0 Å². The van der Waals surface area contributed by atoms with Gasteiger partial charge in [-0.3, -0.25) is 4.68 Å². The van der Waals surface area contributed by atoms with Gasteiger partial charge in [0.1, 0.15) is 32.4 Å². The molecule has 0 unspecified atom stereocenters. The molecule has 11 heteroatoms. The van der Waals surface area contributed by atoms with Gasteiger partial charge in [0, 0.05) is 26.0 Å². The molecule has 0 fully saturated rings. The summed E-state index contributed by atoms with van der Waals surface area (Å²) in [4.78, 5) is 16.7. The van der Waals surface area contributed by atoms with E-state index in [9.17, 15) is 13.6 Å². The minimum absolute atomic E-state index is 0.205. The highest BCUT2D eigenvalue weighted by Gasteiger charge is 2.33. The van der Waals surface area contributed by atoms with E-state index >= 15 is 0 Å². The molecular formula is C25H25Cl2F2N5OSi. The SMILES string of the molecule is CN(C)C(=O)Nc1ccc(Cl)c(Cl)c1.C[Si](Cn1cncn1)(c1ccc(F)cc1)c1ccc(F)cc1. The van der Waals surface area contributed by atoms with Crippen LogP contribution in [0.15, 0.2) is 79.4 Å². The maximum absolute atomic E-state index is 13.2. The molecule has 6 nitrogen and oxygen atoms in total. The summed E-state index contributed by atoms with van der Waals surface area (Å²) in [6.07, 6.45) is 3.81. The van der Waals surface area contributed by atoms with Gasteiger partial charge < -0.3 is 10.2 Å². The van der Waals surface area contributed by atoms with Crippen LogP contribution in [0.5, 0.6) is 0 Å². The highest BCUT2D eigenvalue weighted by Crippen LogP contribution is 2.25. The number of amides is 2. The molecule has 188 valence electrons.